The zero-order valence-corrected chi connectivity index (χ0v) is 18.4. The third-order valence-electron chi connectivity index (χ3n) is 6.77. The van der Waals surface area contributed by atoms with Crippen molar-refractivity contribution < 1.29 is 13.9 Å². The summed E-state index contributed by atoms with van der Waals surface area (Å²) in [6, 6.07) is 8.65. The molecule has 1 aromatic heterocycles. The molecule has 166 valence electrons. The Balaban J connectivity index is 1.14. The summed E-state index contributed by atoms with van der Waals surface area (Å²) >= 11 is 0. The molecule has 1 amide bonds. The Bertz CT molecular complexity index is 913. The Labute approximate surface area is 184 Å². The lowest BCUT2D eigenvalue weighted by atomic mass is 10.0. The lowest BCUT2D eigenvalue weighted by Gasteiger charge is -2.37. The monoisotopic (exact) mass is 424 g/mol. The van der Waals surface area contributed by atoms with Crippen molar-refractivity contribution in [3.05, 3.63) is 47.2 Å². The first-order valence-electron chi connectivity index (χ1n) is 11.5. The van der Waals surface area contributed by atoms with Gasteiger partial charge in [-0.15, -0.1) is 0 Å². The van der Waals surface area contributed by atoms with Gasteiger partial charge in [0.2, 0.25) is 5.91 Å². The van der Waals surface area contributed by atoms with Gasteiger partial charge in [0, 0.05) is 64.0 Å². The molecule has 0 N–H and O–H groups in total. The Morgan fingerprint density at radius 3 is 2.71 bits per heavy atom. The van der Waals surface area contributed by atoms with Crippen LogP contribution in [0.4, 0.5) is 5.69 Å². The summed E-state index contributed by atoms with van der Waals surface area (Å²) in [6.45, 7) is 9.20. The number of aromatic nitrogens is 1. The van der Waals surface area contributed by atoms with Crippen LogP contribution in [0.25, 0.3) is 0 Å². The van der Waals surface area contributed by atoms with E-state index in [0.717, 1.165) is 82.5 Å². The summed E-state index contributed by atoms with van der Waals surface area (Å²) in [6.07, 6.45) is 2.70. The lowest BCUT2D eigenvalue weighted by Crippen LogP contribution is -2.50. The van der Waals surface area contributed by atoms with Gasteiger partial charge in [0.1, 0.15) is 11.5 Å². The number of fused-ring (bicyclic) bond motifs is 1. The Kier molecular flexibility index (Phi) is 5.96. The highest BCUT2D eigenvalue weighted by Crippen LogP contribution is 2.30. The van der Waals surface area contributed by atoms with Gasteiger partial charge in [0.05, 0.1) is 13.1 Å². The standard InChI is InChI=1S/C24H32N4O3/c1-18-3-2-4-20(15-18)27-11-9-26(10-12-27)17-23(29)28-8-5-22-21(16-28)25-24(31-22)19-6-13-30-14-7-19/h2-4,15,19H,5-14,16-17H2,1H3. The van der Waals surface area contributed by atoms with Crippen LogP contribution < -0.4 is 4.90 Å². The number of anilines is 1. The predicted octanol–water partition coefficient (Wildman–Crippen LogP) is 2.58. The van der Waals surface area contributed by atoms with E-state index < -0.39 is 0 Å². The Morgan fingerprint density at radius 2 is 1.94 bits per heavy atom. The van der Waals surface area contributed by atoms with Crippen LogP contribution in [0.1, 0.15) is 41.7 Å². The van der Waals surface area contributed by atoms with Crippen molar-refractivity contribution in [2.24, 2.45) is 0 Å². The van der Waals surface area contributed by atoms with Crippen LogP contribution in [0.5, 0.6) is 0 Å². The molecule has 31 heavy (non-hydrogen) atoms. The molecule has 1 aromatic carbocycles. The molecular weight excluding hydrogens is 392 g/mol. The van der Waals surface area contributed by atoms with Crippen LogP contribution in [0.2, 0.25) is 0 Å². The number of nitrogens with zero attached hydrogens (tertiary/aromatic N) is 4. The quantitative estimate of drug-likeness (QED) is 0.752. The van der Waals surface area contributed by atoms with Gasteiger partial charge >= 0.3 is 0 Å². The number of benzene rings is 1. The number of piperazine rings is 1. The van der Waals surface area contributed by atoms with Gasteiger partial charge in [0.15, 0.2) is 5.89 Å². The van der Waals surface area contributed by atoms with Crippen molar-refractivity contribution in [3.8, 4) is 0 Å². The number of carbonyl (C=O) groups excluding carboxylic acids is 1. The Morgan fingerprint density at radius 1 is 1.13 bits per heavy atom. The second-order valence-electron chi connectivity index (χ2n) is 8.98. The molecule has 3 aliphatic rings. The highest BCUT2D eigenvalue weighted by molar-refractivity contribution is 5.78. The number of hydrogen-bond acceptors (Lipinski definition) is 6. The number of amides is 1. The molecule has 7 nitrogen and oxygen atoms in total. The molecule has 7 heteroatoms. The molecule has 0 spiro atoms. The molecular formula is C24H32N4O3. The molecule has 0 radical (unpaired) electrons. The smallest absolute Gasteiger partial charge is 0.237 e. The van der Waals surface area contributed by atoms with Gasteiger partial charge < -0.3 is 19.0 Å². The van der Waals surface area contributed by atoms with Crippen molar-refractivity contribution >= 4 is 11.6 Å². The van der Waals surface area contributed by atoms with E-state index in [4.69, 9.17) is 14.1 Å². The number of rotatable bonds is 4. The summed E-state index contributed by atoms with van der Waals surface area (Å²) in [7, 11) is 0. The third kappa shape index (κ3) is 4.62. The molecule has 2 aromatic rings. The van der Waals surface area contributed by atoms with E-state index >= 15 is 0 Å². The summed E-state index contributed by atoms with van der Waals surface area (Å²) in [4.78, 5) is 24.4. The van der Waals surface area contributed by atoms with E-state index in [1.165, 1.54) is 11.3 Å². The number of aryl methyl sites for hydroxylation is 1. The SMILES string of the molecule is Cc1cccc(N2CCN(CC(=O)N3CCc4oc(C5CCOCC5)nc4C3)CC2)c1. The van der Waals surface area contributed by atoms with E-state index in [0.29, 0.717) is 19.0 Å². The van der Waals surface area contributed by atoms with Crippen LogP contribution in [0, 0.1) is 6.92 Å². The summed E-state index contributed by atoms with van der Waals surface area (Å²) in [5.74, 6) is 2.37. The van der Waals surface area contributed by atoms with Gasteiger partial charge in [-0.1, -0.05) is 12.1 Å². The molecule has 0 aliphatic carbocycles. The van der Waals surface area contributed by atoms with Crippen LogP contribution in [-0.2, 0) is 22.5 Å². The summed E-state index contributed by atoms with van der Waals surface area (Å²) in [5, 5.41) is 0. The minimum atomic E-state index is 0.199. The van der Waals surface area contributed by atoms with E-state index in [-0.39, 0.29) is 5.91 Å². The topological polar surface area (TPSA) is 62.0 Å². The second-order valence-corrected chi connectivity index (χ2v) is 8.98. The molecule has 0 unspecified atom stereocenters. The van der Waals surface area contributed by atoms with Gasteiger partial charge in [0.25, 0.3) is 0 Å². The van der Waals surface area contributed by atoms with Gasteiger partial charge in [-0.25, -0.2) is 4.98 Å². The zero-order valence-electron chi connectivity index (χ0n) is 18.4. The maximum absolute atomic E-state index is 13.0. The van der Waals surface area contributed by atoms with Crippen molar-refractivity contribution in [1.82, 2.24) is 14.8 Å². The van der Waals surface area contributed by atoms with Crippen LogP contribution >= 0.6 is 0 Å². The fraction of sp³-hybridized carbons (Fsp3) is 0.583. The third-order valence-corrected chi connectivity index (χ3v) is 6.77. The van der Waals surface area contributed by atoms with Gasteiger partial charge in [-0.2, -0.15) is 0 Å². The van der Waals surface area contributed by atoms with E-state index in [2.05, 4.69) is 41.0 Å². The largest absolute Gasteiger partial charge is 0.445 e. The number of ether oxygens (including phenoxy) is 1. The fourth-order valence-electron chi connectivity index (χ4n) is 4.83. The predicted molar refractivity (Wildman–Crippen MR) is 118 cm³/mol. The van der Waals surface area contributed by atoms with Crippen molar-refractivity contribution in [2.75, 3.05) is 57.4 Å². The highest BCUT2D eigenvalue weighted by atomic mass is 16.5. The van der Waals surface area contributed by atoms with Crippen molar-refractivity contribution in [3.63, 3.8) is 0 Å². The first-order valence-corrected chi connectivity index (χ1v) is 11.5. The van der Waals surface area contributed by atoms with E-state index in [1.54, 1.807) is 0 Å². The number of hydrogen-bond donors (Lipinski definition) is 0. The fourth-order valence-corrected chi connectivity index (χ4v) is 4.83. The zero-order chi connectivity index (χ0) is 21.2. The Hall–Kier alpha value is -2.38. The van der Waals surface area contributed by atoms with Crippen LogP contribution in [0.3, 0.4) is 0 Å². The molecule has 4 heterocycles. The first-order chi connectivity index (χ1) is 15.2. The molecule has 0 saturated carbocycles. The minimum absolute atomic E-state index is 0.199. The van der Waals surface area contributed by atoms with Crippen LogP contribution in [0.15, 0.2) is 28.7 Å². The molecule has 5 rings (SSSR count). The normalized spacial score (nSPS) is 20.7. The maximum atomic E-state index is 13.0. The summed E-state index contributed by atoms with van der Waals surface area (Å²) in [5.41, 5.74) is 3.51. The maximum Gasteiger partial charge on any atom is 0.237 e. The van der Waals surface area contributed by atoms with Crippen molar-refractivity contribution in [2.45, 2.75) is 38.6 Å². The molecule has 0 bridgehead atoms. The average Bonchev–Trinajstić information content (AvgIpc) is 3.24. The first kappa shape index (κ1) is 20.5. The molecule has 0 atom stereocenters. The number of oxazole rings is 1. The van der Waals surface area contributed by atoms with Gasteiger partial charge in [-0.3, -0.25) is 9.69 Å². The molecule has 2 saturated heterocycles. The van der Waals surface area contributed by atoms with E-state index in [9.17, 15) is 4.79 Å². The lowest BCUT2D eigenvalue weighted by molar-refractivity contribution is -0.133. The summed E-state index contributed by atoms with van der Waals surface area (Å²) < 4.78 is 11.5. The number of carbonyl (C=O) groups is 1. The van der Waals surface area contributed by atoms with Crippen LogP contribution in [-0.4, -0.2) is 73.2 Å². The molecule has 2 fully saturated rings. The second kappa shape index (κ2) is 9.01. The average molecular weight is 425 g/mol. The molecule has 3 aliphatic heterocycles. The van der Waals surface area contributed by atoms with E-state index in [1.807, 2.05) is 4.90 Å². The van der Waals surface area contributed by atoms with Crippen molar-refractivity contribution in [1.29, 1.82) is 0 Å². The highest BCUT2D eigenvalue weighted by Gasteiger charge is 2.29. The van der Waals surface area contributed by atoms with Gasteiger partial charge in [-0.05, 0) is 37.5 Å². The minimum Gasteiger partial charge on any atom is -0.445 e.